The summed E-state index contributed by atoms with van der Waals surface area (Å²) in [6, 6.07) is 0.800. The van der Waals surface area contributed by atoms with Crippen molar-refractivity contribution in [2.45, 2.75) is 71.9 Å². The molecule has 3 rings (SSSR count). The Morgan fingerprint density at radius 3 is 2.52 bits per heavy atom. The molecule has 0 spiro atoms. The lowest BCUT2D eigenvalue weighted by atomic mass is 9.80. The van der Waals surface area contributed by atoms with Crippen molar-refractivity contribution in [3.8, 4) is 0 Å². The molecule has 1 heterocycles. The number of hydrogen-bond acceptors (Lipinski definition) is 2. The quantitative estimate of drug-likeness (QED) is 0.766. The van der Waals surface area contributed by atoms with E-state index in [9.17, 15) is 0 Å². The standard InChI is InChI=1S/C17H28BrN3/c1-4-14-16(18)15(21(5-2)20-14)10-17(3,12-6-7-12)11-19-13-8-9-13/h12-13,19H,4-11H2,1-3H3. The minimum Gasteiger partial charge on any atom is -0.313 e. The predicted molar refractivity (Wildman–Crippen MR) is 90.5 cm³/mol. The highest BCUT2D eigenvalue weighted by Gasteiger charge is 2.43. The SMILES string of the molecule is CCc1nn(CC)c(CC(C)(CNC2CC2)C2CC2)c1Br. The number of halogens is 1. The Kier molecular flexibility index (Phi) is 4.47. The van der Waals surface area contributed by atoms with Crippen molar-refractivity contribution in [3.63, 3.8) is 0 Å². The molecule has 118 valence electrons. The van der Waals surface area contributed by atoms with E-state index >= 15 is 0 Å². The van der Waals surface area contributed by atoms with E-state index < -0.39 is 0 Å². The van der Waals surface area contributed by atoms with Gasteiger partial charge >= 0.3 is 0 Å². The van der Waals surface area contributed by atoms with Gasteiger partial charge in [-0.25, -0.2) is 0 Å². The van der Waals surface area contributed by atoms with Gasteiger partial charge < -0.3 is 5.32 Å². The summed E-state index contributed by atoms with van der Waals surface area (Å²) in [5.74, 6) is 0.890. The Balaban J connectivity index is 1.79. The molecule has 3 nitrogen and oxygen atoms in total. The van der Waals surface area contributed by atoms with E-state index in [1.54, 1.807) is 0 Å². The highest BCUT2D eigenvalue weighted by Crippen LogP contribution is 2.48. The summed E-state index contributed by atoms with van der Waals surface area (Å²) in [6.07, 6.45) is 7.69. The van der Waals surface area contributed by atoms with Gasteiger partial charge in [-0.3, -0.25) is 4.68 Å². The normalized spacial score (nSPS) is 21.5. The first-order valence-corrected chi connectivity index (χ1v) is 9.34. The number of aromatic nitrogens is 2. The van der Waals surface area contributed by atoms with Gasteiger partial charge in [0.1, 0.15) is 0 Å². The van der Waals surface area contributed by atoms with Crippen molar-refractivity contribution in [3.05, 3.63) is 15.9 Å². The largest absolute Gasteiger partial charge is 0.313 e. The maximum absolute atomic E-state index is 4.77. The maximum Gasteiger partial charge on any atom is 0.0766 e. The van der Waals surface area contributed by atoms with Crippen molar-refractivity contribution in [1.29, 1.82) is 0 Å². The van der Waals surface area contributed by atoms with Crippen LogP contribution in [0.1, 0.15) is 57.8 Å². The van der Waals surface area contributed by atoms with Crippen LogP contribution in [0.2, 0.25) is 0 Å². The first-order valence-electron chi connectivity index (χ1n) is 8.54. The van der Waals surface area contributed by atoms with E-state index in [1.165, 1.54) is 41.5 Å². The third kappa shape index (κ3) is 3.37. The number of rotatable bonds is 8. The molecule has 0 saturated heterocycles. The molecule has 2 fully saturated rings. The van der Waals surface area contributed by atoms with E-state index in [2.05, 4.69) is 46.7 Å². The number of nitrogens with one attached hydrogen (secondary N) is 1. The molecule has 2 aliphatic rings. The van der Waals surface area contributed by atoms with Crippen LogP contribution in [-0.2, 0) is 19.4 Å². The minimum absolute atomic E-state index is 0.378. The van der Waals surface area contributed by atoms with Crippen LogP contribution in [0.3, 0.4) is 0 Å². The van der Waals surface area contributed by atoms with Crippen molar-refractivity contribution >= 4 is 15.9 Å². The summed E-state index contributed by atoms with van der Waals surface area (Å²) in [6.45, 7) is 8.98. The zero-order valence-corrected chi connectivity index (χ0v) is 15.2. The Morgan fingerprint density at radius 2 is 2.00 bits per heavy atom. The van der Waals surface area contributed by atoms with Crippen LogP contribution < -0.4 is 5.32 Å². The van der Waals surface area contributed by atoms with E-state index in [0.717, 1.165) is 37.9 Å². The Hall–Kier alpha value is -0.350. The second-order valence-corrected chi connectivity index (χ2v) is 7.93. The van der Waals surface area contributed by atoms with Crippen LogP contribution >= 0.6 is 15.9 Å². The molecule has 1 N–H and O–H groups in total. The lowest BCUT2D eigenvalue weighted by molar-refractivity contribution is 0.248. The molecule has 21 heavy (non-hydrogen) atoms. The van der Waals surface area contributed by atoms with Gasteiger partial charge in [0.15, 0.2) is 0 Å². The van der Waals surface area contributed by atoms with Gasteiger partial charge in [-0.1, -0.05) is 13.8 Å². The fraction of sp³-hybridized carbons (Fsp3) is 0.824. The third-order valence-electron chi connectivity index (χ3n) is 5.20. The van der Waals surface area contributed by atoms with Crippen LogP contribution in [0.5, 0.6) is 0 Å². The van der Waals surface area contributed by atoms with Gasteiger partial charge in [-0.15, -0.1) is 0 Å². The molecule has 1 unspecified atom stereocenters. The summed E-state index contributed by atoms with van der Waals surface area (Å²) in [5, 5.41) is 8.54. The molecule has 2 aliphatic carbocycles. The van der Waals surface area contributed by atoms with E-state index in [-0.39, 0.29) is 0 Å². The zero-order chi connectivity index (χ0) is 15.0. The van der Waals surface area contributed by atoms with E-state index in [0.29, 0.717) is 5.41 Å². The molecule has 1 aromatic heterocycles. The summed E-state index contributed by atoms with van der Waals surface area (Å²) in [7, 11) is 0. The molecule has 0 bridgehead atoms. The third-order valence-corrected chi connectivity index (χ3v) is 6.12. The zero-order valence-electron chi connectivity index (χ0n) is 13.6. The monoisotopic (exact) mass is 353 g/mol. The average Bonchev–Trinajstić information content (AvgIpc) is 3.37. The van der Waals surface area contributed by atoms with Crippen LogP contribution in [0.25, 0.3) is 0 Å². The van der Waals surface area contributed by atoms with E-state index in [1.807, 2.05) is 0 Å². The van der Waals surface area contributed by atoms with Gasteiger partial charge in [0.2, 0.25) is 0 Å². The predicted octanol–water partition coefficient (Wildman–Crippen LogP) is 3.94. The second-order valence-electron chi connectivity index (χ2n) is 7.14. The molecule has 0 radical (unpaired) electrons. The molecule has 1 aromatic rings. The molecule has 1 atom stereocenters. The van der Waals surface area contributed by atoms with Gasteiger partial charge in [0.05, 0.1) is 15.9 Å². The minimum atomic E-state index is 0.378. The lowest BCUT2D eigenvalue weighted by Gasteiger charge is -2.31. The van der Waals surface area contributed by atoms with Crippen molar-refractivity contribution in [1.82, 2.24) is 15.1 Å². The molecule has 0 amide bonds. The number of hydrogen-bond donors (Lipinski definition) is 1. The van der Waals surface area contributed by atoms with Crippen LogP contribution in [0.4, 0.5) is 0 Å². The second kappa shape index (κ2) is 6.04. The Morgan fingerprint density at radius 1 is 1.29 bits per heavy atom. The fourth-order valence-corrected chi connectivity index (χ4v) is 4.07. The summed E-state index contributed by atoms with van der Waals surface area (Å²) >= 11 is 3.81. The van der Waals surface area contributed by atoms with Crippen molar-refractivity contribution in [2.75, 3.05) is 6.54 Å². The molecule has 2 saturated carbocycles. The summed E-state index contributed by atoms with van der Waals surface area (Å²) in [5.41, 5.74) is 2.99. The van der Waals surface area contributed by atoms with Crippen LogP contribution in [0.15, 0.2) is 4.47 Å². The Labute approximate surface area is 137 Å². The average molecular weight is 354 g/mol. The summed E-state index contributed by atoms with van der Waals surface area (Å²) in [4.78, 5) is 0. The molecule has 0 aromatic carbocycles. The molecule has 4 heteroatoms. The first kappa shape index (κ1) is 15.5. The molecule has 0 aliphatic heterocycles. The highest BCUT2D eigenvalue weighted by atomic mass is 79.9. The van der Waals surface area contributed by atoms with Crippen LogP contribution in [0, 0.1) is 11.3 Å². The maximum atomic E-state index is 4.77. The Bertz CT molecular complexity index is 502. The highest BCUT2D eigenvalue weighted by molar-refractivity contribution is 9.10. The molecular formula is C17H28BrN3. The van der Waals surface area contributed by atoms with Gasteiger partial charge in [-0.2, -0.15) is 5.10 Å². The van der Waals surface area contributed by atoms with Gasteiger partial charge in [0, 0.05) is 19.1 Å². The number of aryl methyl sites for hydroxylation is 2. The first-order chi connectivity index (χ1) is 10.1. The molecular weight excluding hydrogens is 326 g/mol. The smallest absolute Gasteiger partial charge is 0.0766 e. The van der Waals surface area contributed by atoms with Gasteiger partial charge in [-0.05, 0) is 72.7 Å². The van der Waals surface area contributed by atoms with Crippen molar-refractivity contribution in [2.24, 2.45) is 11.3 Å². The summed E-state index contributed by atoms with van der Waals surface area (Å²) < 4.78 is 3.46. The lowest BCUT2D eigenvalue weighted by Crippen LogP contribution is -2.37. The topological polar surface area (TPSA) is 29.9 Å². The van der Waals surface area contributed by atoms with Gasteiger partial charge in [0.25, 0.3) is 0 Å². The van der Waals surface area contributed by atoms with Crippen molar-refractivity contribution < 1.29 is 0 Å². The fourth-order valence-electron chi connectivity index (χ4n) is 3.37. The van der Waals surface area contributed by atoms with Crippen LogP contribution in [-0.4, -0.2) is 22.4 Å². The number of nitrogens with zero attached hydrogens (tertiary/aromatic N) is 2. The van der Waals surface area contributed by atoms with E-state index in [4.69, 9.17) is 5.10 Å².